The summed E-state index contributed by atoms with van der Waals surface area (Å²) in [5.41, 5.74) is -0.313. The fourth-order valence-corrected chi connectivity index (χ4v) is 5.80. The summed E-state index contributed by atoms with van der Waals surface area (Å²) in [6.45, 7) is 4.05. The van der Waals surface area contributed by atoms with E-state index in [0.29, 0.717) is 13.0 Å². The number of carbonyl (C=O) groups is 2. The van der Waals surface area contributed by atoms with Crippen molar-refractivity contribution in [2.75, 3.05) is 12.3 Å². The molecule has 7 heteroatoms. The van der Waals surface area contributed by atoms with Gasteiger partial charge in [-0.15, -0.1) is 0 Å². The van der Waals surface area contributed by atoms with E-state index in [1.807, 2.05) is 35.4 Å². The molecule has 2 rings (SSSR count). The zero-order valence-electron chi connectivity index (χ0n) is 15.4. The van der Waals surface area contributed by atoms with Gasteiger partial charge in [0.1, 0.15) is 5.75 Å². The zero-order chi connectivity index (χ0) is 19.0. The van der Waals surface area contributed by atoms with Crippen molar-refractivity contribution in [2.45, 2.75) is 56.7 Å². The number of hydrogen-bond acceptors (Lipinski definition) is 5. The smallest absolute Gasteiger partial charge is 0.255 e. The Hall–Kier alpha value is -1.34. The SMILES string of the molecule is CC(C)(CNC(=O)c1ccccc1O)NC(=O)CCCCC1CCSS1. The quantitative estimate of drug-likeness (QED) is 0.438. The zero-order valence-corrected chi connectivity index (χ0v) is 17.0. The van der Waals surface area contributed by atoms with Gasteiger partial charge in [-0.3, -0.25) is 9.59 Å². The first kappa shape index (κ1) is 21.0. The molecule has 0 saturated carbocycles. The lowest BCUT2D eigenvalue weighted by Crippen LogP contribution is -2.51. The molecule has 5 nitrogen and oxygen atoms in total. The van der Waals surface area contributed by atoms with Crippen LogP contribution in [-0.4, -0.2) is 40.0 Å². The second-order valence-corrected chi connectivity index (χ2v) is 9.99. The van der Waals surface area contributed by atoms with Crippen molar-refractivity contribution < 1.29 is 14.7 Å². The minimum Gasteiger partial charge on any atom is -0.507 e. The monoisotopic (exact) mass is 396 g/mol. The van der Waals surface area contributed by atoms with E-state index in [0.717, 1.165) is 18.1 Å². The van der Waals surface area contributed by atoms with Gasteiger partial charge in [-0.2, -0.15) is 0 Å². The highest BCUT2D eigenvalue weighted by Gasteiger charge is 2.22. The van der Waals surface area contributed by atoms with Crippen LogP contribution in [0.3, 0.4) is 0 Å². The number of hydrogen-bond donors (Lipinski definition) is 3. The minimum atomic E-state index is -0.547. The number of benzene rings is 1. The number of amides is 2. The third-order valence-electron chi connectivity index (χ3n) is 4.22. The summed E-state index contributed by atoms with van der Waals surface area (Å²) in [6, 6.07) is 6.41. The standard InChI is InChI=1S/C19H28N2O3S2/c1-19(2,13-20-18(24)15-8-4-5-9-16(15)22)21-17(23)10-6-3-7-14-11-12-25-26-14/h4-5,8-9,14,22H,3,6-7,10-13H2,1-2H3,(H,20,24)(H,21,23). The summed E-state index contributed by atoms with van der Waals surface area (Å²) in [5.74, 6) is 0.861. The van der Waals surface area contributed by atoms with Gasteiger partial charge in [0.2, 0.25) is 5.91 Å². The molecule has 26 heavy (non-hydrogen) atoms. The van der Waals surface area contributed by atoms with E-state index in [-0.39, 0.29) is 23.1 Å². The number of unbranched alkanes of at least 4 members (excludes halogenated alkanes) is 1. The Morgan fingerprint density at radius 2 is 2.04 bits per heavy atom. The maximum atomic E-state index is 12.2. The van der Waals surface area contributed by atoms with Crippen molar-refractivity contribution in [1.29, 1.82) is 0 Å². The molecule has 1 aromatic carbocycles. The Labute approximate surface area is 163 Å². The van der Waals surface area contributed by atoms with E-state index in [9.17, 15) is 14.7 Å². The molecule has 1 heterocycles. The predicted molar refractivity (Wildman–Crippen MR) is 110 cm³/mol. The summed E-state index contributed by atoms with van der Waals surface area (Å²) < 4.78 is 0. The molecular formula is C19H28N2O3S2. The lowest BCUT2D eigenvalue weighted by atomic mass is 10.0. The van der Waals surface area contributed by atoms with Crippen LogP contribution in [0.25, 0.3) is 0 Å². The molecule has 1 aromatic rings. The predicted octanol–water partition coefficient (Wildman–Crippen LogP) is 3.73. The van der Waals surface area contributed by atoms with Gasteiger partial charge in [0.15, 0.2) is 0 Å². The van der Waals surface area contributed by atoms with Crippen molar-refractivity contribution in [3.63, 3.8) is 0 Å². The lowest BCUT2D eigenvalue weighted by Gasteiger charge is -2.26. The number of phenolic OH excluding ortho intramolecular Hbond substituents is 1. The second-order valence-electron chi connectivity index (χ2n) is 7.21. The van der Waals surface area contributed by atoms with Crippen molar-refractivity contribution in [3.8, 4) is 5.75 Å². The highest BCUT2D eigenvalue weighted by atomic mass is 33.1. The molecule has 0 aliphatic carbocycles. The Bertz CT molecular complexity index is 617. The van der Waals surface area contributed by atoms with Crippen molar-refractivity contribution in [1.82, 2.24) is 10.6 Å². The topological polar surface area (TPSA) is 78.4 Å². The van der Waals surface area contributed by atoms with E-state index in [2.05, 4.69) is 10.6 Å². The maximum Gasteiger partial charge on any atom is 0.255 e. The second kappa shape index (κ2) is 10.1. The molecule has 3 N–H and O–H groups in total. The highest BCUT2D eigenvalue weighted by Crippen LogP contribution is 2.39. The van der Waals surface area contributed by atoms with Gasteiger partial charge in [-0.1, -0.05) is 40.1 Å². The van der Waals surface area contributed by atoms with Crippen LogP contribution in [0.2, 0.25) is 0 Å². The van der Waals surface area contributed by atoms with Gasteiger partial charge in [-0.25, -0.2) is 0 Å². The van der Waals surface area contributed by atoms with Crippen LogP contribution in [0.5, 0.6) is 5.75 Å². The molecular weight excluding hydrogens is 368 g/mol. The maximum absolute atomic E-state index is 12.2. The van der Waals surface area contributed by atoms with E-state index in [1.165, 1.54) is 24.7 Å². The Balaban J connectivity index is 1.67. The van der Waals surface area contributed by atoms with Crippen molar-refractivity contribution in [2.24, 2.45) is 0 Å². The summed E-state index contributed by atoms with van der Waals surface area (Å²) in [5, 5.41) is 16.2. The van der Waals surface area contributed by atoms with Crippen LogP contribution in [0.1, 0.15) is 56.3 Å². The molecule has 1 aliphatic rings. The Morgan fingerprint density at radius 3 is 2.73 bits per heavy atom. The minimum absolute atomic E-state index is 0.0141. The van der Waals surface area contributed by atoms with Crippen molar-refractivity contribution in [3.05, 3.63) is 29.8 Å². The molecule has 1 unspecified atom stereocenters. The molecule has 1 fully saturated rings. The molecule has 0 radical (unpaired) electrons. The van der Waals surface area contributed by atoms with Crippen LogP contribution >= 0.6 is 21.6 Å². The van der Waals surface area contributed by atoms with E-state index < -0.39 is 5.54 Å². The molecule has 1 saturated heterocycles. The number of nitrogens with one attached hydrogen (secondary N) is 2. The number of carbonyl (C=O) groups excluding carboxylic acids is 2. The van der Waals surface area contributed by atoms with Crippen molar-refractivity contribution >= 4 is 33.4 Å². The average Bonchev–Trinajstić information content (AvgIpc) is 3.10. The number of rotatable bonds is 9. The number of para-hydroxylation sites is 1. The van der Waals surface area contributed by atoms with Gasteiger partial charge < -0.3 is 15.7 Å². The van der Waals surface area contributed by atoms with Gasteiger partial charge in [-0.05, 0) is 45.2 Å². The summed E-state index contributed by atoms with van der Waals surface area (Å²) in [6.07, 6.45) is 4.96. The Morgan fingerprint density at radius 1 is 1.27 bits per heavy atom. The number of phenols is 1. The number of aromatic hydroxyl groups is 1. The normalized spacial score (nSPS) is 17.1. The van der Waals surface area contributed by atoms with Crippen LogP contribution < -0.4 is 10.6 Å². The molecule has 1 atom stereocenters. The first-order chi connectivity index (χ1) is 12.4. The van der Waals surface area contributed by atoms with Crippen LogP contribution in [0, 0.1) is 0 Å². The first-order valence-electron chi connectivity index (χ1n) is 9.03. The first-order valence-corrected chi connectivity index (χ1v) is 11.4. The van der Waals surface area contributed by atoms with Gasteiger partial charge in [0.05, 0.1) is 11.1 Å². The Kier molecular flexibility index (Phi) is 8.15. The van der Waals surface area contributed by atoms with Crippen LogP contribution in [0.4, 0.5) is 0 Å². The fourth-order valence-electron chi connectivity index (χ4n) is 2.77. The largest absolute Gasteiger partial charge is 0.507 e. The van der Waals surface area contributed by atoms with E-state index in [4.69, 9.17) is 0 Å². The van der Waals surface area contributed by atoms with Crippen LogP contribution in [0.15, 0.2) is 24.3 Å². The third-order valence-corrected chi connectivity index (χ3v) is 7.23. The molecule has 0 aromatic heterocycles. The lowest BCUT2D eigenvalue weighted by molar-refractivity contribution is -0.122. The van der Waals surface area contributed by atoms with Crippen LogP contribution in [-0.2, 0) is 4.79 Å². The van der Waals surface area contributed by atoms with Gasteiger partial charge in [0.25, 0.3) is 5.91 Å². The molecule has 1 aliphatic heterocycles. The van der Waals surface area contributed by atoms with E-state index in [1.54, 1.807) is 18.2 Å². The molecule has 144 valence electrons. The average molecular weight is 397 g/mol. The van der Waals surface area contributed by atoms with E-state index >= 15 is 0 Å². The summed E-state index contributed by atoms with van der Waals surface area (Å²) in [7, 11) is 3.93. The third kappa shape index (κ3) is 7.11. The molecule has 0 bridgehead atoms. The summed E-state index contributed by atoms with van der Waals surface area (Å²) in [4.78, 5) is 24.3. The summed E-state index contributed by atoms with van der Waals surface area (Å²) >= 11 is 0. The molecule has 0 spiro atoms. The van der Waals surface area contributed by atoms with Gasteiger partial charge in [0, 0.05) is 24.0 Å². The highest BCUT2D eigenvalue weighted by molar-refractivity contribution is 8.77. The fraction of sp³-hybridized carbons (Fsp3) is 0.579. The van der Waals surface area contributed by atoms with Gasteiger partial charge >= 0.3 is 0 Å². The molecule has 2 amide bonds.